The van der Waals surface area contributed by atoms with Crippen LogP contribution >= 0.6 is 0 Å². The van der Waals surface area contributed by atoms with Crippen molar-refractivity contribution in [3.8, 4) is 17.4 Å². The Bertz CT molecular complexity index is 1140. The molecule has 0 saturated carbocycles. The lowest BCUT2D eigenvalue weighted by atomic mass is 10.1. The molecule has 0 spiro atoms. The van der Waals surface area contributed by atoms with Crippen LogP contribution in [0.15, 0.2) is 42.7 Å². The van der Waals surface area contributed by atoms with Crippen LogP contribution in [0.25, 0.3) is 21.7 Å². The van der Waals surface area contributed by atoms with E-state index < -0.39 is 5.82 Å². The zero-order valence-corrected chi connectivity index (χ0v) is 13.7. The fourth-order valence-corrected chi connectivity index (χ4v) is 3.14. The zero-order valence-electron chi connectivity index (χ0n) is 13.7. The average molecular weight is 356 g/mol. The number of nitrogens with zero attached hydrogens (tertiary/aromatic N) is 2. The molecule has 0 atom stereocenters. The van der Waals surface area contributed by atoms with Gasteiger partial charge in [0.2, 0.25) is 5.88 Å². The van der Waals surface area contributed by atoms with E-state index >= 15 is 0 Å². The number of benzene rings is 2. The van der Waals surface area contributed by atoms with Gasteiger partial charge in [-0.3, -0.25) is 0 Å². The van der Waals surface area contributed by atoms with Crippen LogP contribution in [0.3, 0.4) is 0 Å². The first-order valence-electron chi connectivity index (χ1n) is 7.80. The lowest BCUT2D eigenvalue weighted by Crippen LogP contribution is -1.97. The van der Waals surface area contributed by atoms with Crippen molar-refractivity contribution in [2.45, 2.75) is 6.54 Å². The highest BCUT2D eigenvalue weighted by molar-refractivity contribution is 6.11. The predicted molar refractivity (Wildman–Crippen MR) is 92.6 cm³/mol. The van der Waals surface area contributed by atoms with Crippen LogP contribution in [0.4, 0.5) is 8.78 Å². The molecule has 0 unspecified atom stereocenters. The molecule has 2 heterocycles. The molecule has 2 aromatic carbocycles. The highest BCUT2D eigenvalue weighted by atomic mass is 19.1. The number of ether oxygens (including phenoxy) is 1. The molecule has 0 aliphatic rings. The Morgan fingerprint density at radius 2 is 1.81 bits per heavy atom. The van der Waals surface area contributed by atoms with Crippen LogP contribution < -0.4 is 4.74 Å². The van der Waals surface area contributed by atoms with Gasteiger partial charge < -0.3 is 19.5 Å². The molecule has 0 radical (unpaired) electrons. The standard InChI is InChI=1S/C19H14F2N2O3/c1-26-18-13-6-12(21)7-22-16(13)17(24)15-14(18)9-23(19(15)25)8-10-2-4-11(20)5-3-10/h2-7,9,24-25H,8H2,1H3. The minimum atomic E-state index is -0.565. The van der Waals surface area contributed by atoms with E-state index in [4.69, 9.17) is 4.74 Å². The van der Waals surface area contributed by atoms with Gasteiger partial charge in [-0.15, -0.1) is 0 Å². The topological polar surface area (TPSA) is 67.5 Å². The van der Waals surface area contributed by atoms with Crippen LogP contribution in [0.1, 0.15) is 5.56 Å². The summed E-state index contributed by atoms with van der Waals surface area (Å²) in [4.78, 5) is 3.92. The Morgan fingerprint density at radius 3 is 2.50 bits per heavy atom. The number of phenols is 1. The molecule has 0 fully saturated rings. The number of fused-ring (bicyclic) bond motifs is 2. The maximum absolute atomic E-state index is 13.6. The zero-order chi connectivity index (χ0) is 18.4. The third-order valence-corrected chi connectivity index (χ3v) is 4.32. The van der Waals surface area contributed by atoms with E-state index in [1.807, 2.05) is 0 Å². The maximum Gasteiger partial charge on any atom is 0.203 e. The summed E-state index contributed by atoms with van der Waals surface area (Å²) >= 11 is 0. The summed E-state index contributed by atoms with van der Waals surface area (Å²) in [5.74, 6) is -1.06. The second-order valence-corrected chi connectivity index (χ2v) is 5.93. The molecule has 0 amide bonds. The van der Waals surface area contributed by atoms with Crippen molar-refractivity contribution < 1.29 is 23.7 Å². The Morgan fingerprint density at radius 1 is 1.08 bits per heavy atom. The first-order valence-corrected chi connectivity index (χ1v) is 7.80. The van der Waals surface area contributed by atoms with Crippen LogP contribution in [0.5, 0.6) is 17.4 Å². The quantitative estimate of drug-likeness (QED) is 0.584. The van der Waals surface area contributed by atoms with Gasteiger partial charge in [0.25, 0.3) is 0 Å². The molecule has 0 aliphatic heterocycles. The molecule has 2 aromatic heterocycles. The summed E-state index contributed by atoms with van der Waals surface area (Å²) in [7, 11) is 1.42. The number of pyridine rings is 1. The highest BCUT2D eigenvalue weighted by Crippen LogP contribution is 2.46. The van der Waals surface area contributed by atoms with E-state index in [1.54, 1.807) is 18.3 Å². The monoisotopic (exact) mass is 356 g/mol. The van der Waals surface area contributed by atoms with Crippen LogP contribution in [-0.2, 0) is 6.54 Å². The van der Waals surface area contributed by atoms with Crippen molar-refractivity contribution >= 4 is 21.7 Å². The number of rotatable bonds is 3. The van der Waals surface area contributed by atoms with Crippen LogP contribution in [-0.4, -0.2) is 26.9 Å². The molecule has 4 aromatic rings. The Balaban J connectivity index is 1.97. The fraction of sp³-hybridized carbons (Fsp3) is 0.105. The summed E-state index contributed by atoms with van der Waals surface area (Å²) in [6.07, 6.45) is 2.58. The molecule has 0 bridgehead atoms. The summed E-state index contributed by atoms with van der Waals surface area (Å²) in [6.45, 7) is 0.252. The van der Waals surface area contributed by atoms with Crippen molar-refractivity contribution in [2.24, 2.45) is 0 Å². The van der Waals surface area contributed by atoms with Gasteiger partial charge in [-0.05, 0) is 23.8 Å². The molecule has 26 heavy (non-hydrogen) atoms. The molecule has 0 aliphatic carbocycles. The lowest BCUT2D eigenvalue weighted by Gasteiger charge is -2.09. The van der Waals surface area contributed by atoms with E-state index in [0.29, 0.717) is 16.5 Å². The van der Waals surface area contributed by atoms with Gasteiger partial charge in [-0.1, -0.05) is 12.1 Å². The third kappa shape index (κ3) is 2.40. The summed E-state index contributed by atoms with van der Waals surface area (Å²) in [5, 5.41) is 22.0. The third-order valence-electron chi connectivity index (χ3n) is 4.32. The number of hydrogen-bond donors (Lipinski definition) is 2. The summed E-state index contributed by atoms with van der Waals surface area (Å²) in [6, 6.07) is 7.08. The van der Waals surface area contributed by atoms with Crippen molar-refractivity contribution in [2.75, 3.05) is 7.11 Å². The second-order valence-electron chi connectivity index (χ2n) is 5.93. The minimum Gasteiger partial charge on any atom is -0.505 e. The SMILES string of the molecule is COc1c2cc(F)cnc2c(O)c2c(O)n(Cc3ccc(F)cc3)cc12. The van der Waals surface area contributed by atoms with Gasteiger partial charge in [0.05, 0.1) is 30.6 Å². The molecule has 2 N–H and O–H groups in total. The van der Waals surface area contributed by atoms with Crippen LogP contribution in [0, 0.1) is 11.6 Å². The van der Waals surface area contributed by atoms with Gasteiger partial charge in [-0.25, -0.2) is 13.8 Å². The van der Waals surface area contributed by atoms with Crippen molar-refractivity contribution in [1.82, 2.24) is 9.55 Å². The number of phenolic OH excluding ortho intramolecular Hbond substituents is 1. The molecular weight excluding hydrogens is 342 g/mol. The number of halogens is 2. The summed E-state index contributed by atoms with van der Waals surface area (Å²) < 4.78 is 33.6. The summed E-state index contributed by atoms with van der Waals surface area (Å²) in [5.41, 5.74) is 0.889. The van der Waals surface area contributed by atoms with Gasteiger partial charge in [-0.2, -0.15) is 0 Å². The molecule has 0 saturated heterocycles. The lowest BCUT2D eigenvalue weighted by molar-refractivity contribution is 0.422. The normalized spacial score (nSPS) is 11.3. The molecule has 7 heteroatoms. The number of methoxy groups -OCH3 is 1. The Labute approximate surface area is 146 Å². The predicted octanol–water partition coefficient (Wildman–Crippen LogP) is 3.94. The van der Waals surface area contributed by atoms with E-state index in [1.165, 1.54) is 29.9 Å². The number of aromatic nitrogens is 2. The van der Waals surface area contributed by atoms with Gasteiger partial charge >= 0.3 is 0 Å². The fourth-order valence-electron chi connectivity index (χ4n) is 3.14. The highest BCUT2D eigenvalue weighted by Gasteiger charge is 2.22. The van der Waals surface area contributed by atoms with E-state index in [9.17, 15) is 19.0 Å². The Kier molecular flexibility index (Phi) is 3.64. The minimum absolute atomic E-state index is 0.130. The second kappa shape index (κ2) is 5.87. The first-order chi connectivity index (χ1) is 12.5. The Hall–Kier alpha value is -3.35. The van der Waals surface area contributed by atoms with Crippen LogP contribution in [0.2, 0.25) is 0 Å². The van der Waals surface area contributed by atoms with Gasteiger partial charge in [0, 0.05) is 11.6 Å². The molecule has 132 valence electrons. The molecular formula is C19H14F2N2O3. The maximum atomic E-state index is 13.6. The largest absolute Gasteiger partial charge is 0.505 e. The van der Waals surface area contributed by atoms with E-state index in [2.05, 4.69) is 4.98 Å². The molecule has 4 rings (SSSR count). The van der Waals surface area contributed by atoms with Crippen molar-refractivity contribution in [1.29, 1.82) is 0 Å². The van der Waals surface area contributed by atoms with Gasteiger partial charge in [0.15, 0.2) is 5.75 Å². The number of aromatic hydroxyl groups is 2. The van der Waals surface area contributed by atoms with E-state index in [-0.39, 0.29) is 34.9 Å². The number of hydrogen-bond acceptors (Lipinski definition) is 4. The van der Waals surface area contributed by atoms with Gasteiger partial charge in [0.1, 0.15) is 22.9 Å². The first kappa shape index (κ1) is 16.1. The smallest absolute Gasteiger partial charge is 0.203 e. The van der Waals surface area contributed by atoms with Crippen molar-refractivity contribution in [3.63, 3.8) is 0 Å². The van der Waals surface area contributed by atoms with E-state index in [0.717, 1.165) is 11.8 Å². The average Bonchev–Trinajstić information content (AvgIpc) is 2.94. The van der Waals surface area contributed by atoms with Crippen molar-refractivity contribution in [3.05, 3.63) is 59.9 Å². The molecule has 5 nitrogen and oxygen atoms in total.